The fourth-order valence-electron chi connectivity index (χ4n) is 9.61. The molecule has 0 atom stereocenters. The molecule has 0 saturated carbocycles. The molecule has 0 spiro atoms. The maximum absolute atomic E-state index is 7.10. The van der Waals surface area contributed by atoms with Crippen LogP contribution in [0.2, 0.25) is 0 Å². The molecule has 1 aromatic heterocycles. The Morgan fingerprint density at radius 2 is 0.810 bits per heavy atom. The van der Waals surface area contributed by atoms with E-state index in [1.807, 2.05) is 24.3 Å². The lowest BCUT2D eigenvalue weighted by Crippen LogP contribution is -2.28. The van der Waals surface area contributed by atoms with Crippen LogP contribution in [0, 0.1) is 0 Å². The van der Waals surface area contributed by atoms with Crippen molar-refractivity contribution in [2.24, 2.45) is 0 Å². The van der Waals surface area contributed by atoms with Gasteiger partial charge in [0.25, 0.3) is 0 Å². The van der Waals surface area contributed by atoms with Gasteiger partial charge in [0.2, 0.25) is 0 Å². The molecule has 1 aliphatic carbocycles. The van der Waals surface area contributed by atoms with Gasteiger partial charge in [-0.1, -0.05) is 194 Å². The number of rotatable bonds is 7. The standard InChI is InChI=1S/C59H38N2O2/c1-5-18-39(19-6-1)41-22-15-24-43(36-41)51-38-52(61-58(60-51)44-25-16-23-42(37-44)40-20-7-2-8-21-40)48-31-17-33-53-56(48)62-54-35-34-50-55(57(54)63-53)47-30-13-14-32-49(47)59(50,45-26-9-3-10-27-45)46-28-11-4-12-29-46/h1-38H. The molecule has 63 heavy (non-hydrogen) atoms. The number of hydrogen-bond acceptors (Lipinski definition) is 4. The van der Waals surface area contributed by atoms with Crippen LogP contribution in [0.1, 0.15) is 22.3 Å². The van der Waals surface area contributed by atoms with Gasteiger partial charge in [-0.3, -0.25) is 0 Å². The molecule has 0 radical (unpaired) electrons. The zero-order chi connectivity index (χ0) is 41.7. The first-order valence-electron chi connectivity index (χ1n) is 21.3. The molecule has 2 aliphatic rings. The second kappa shape index (κ2) is 15.0. The topological polar surface area (TPSA) is 44.2 Å². The molecule has 12 rings (SSSR count). The maximum Gasteiger partial charge on any atom is 0.179 e. The Morgan fingerprint density at radius 3 is 1.49 bits per heavy atom. The molecule has 296 valence electrons. The van der Waals surface area contributed by atoms with Gasteiger partial charge in [-0.15, -0.1) is 0 Å². The maximum atomic E-state index is 7.10. The number of ether oxygens (including phenoxy) is 2. The molecule has 0 bridgehead atoms. The molecule has 0 saturated heterocycles. The van der Waals surface area contributed by atoms with Gasteiger partial charge < -0.3 is 9.47 Å². The number of fused-ring (bicyclic) bond motifs is 6. The molecular weight excluding hydrogens is 769 g/mol. The smallest absolute Gasteiger partial charge is 0.179 e. The van der Waals surface area contributed by atoms with E-state index in [1.165, 1.54) is 16.7 Å². The summed E-state index contributed by atoms with van der Waals surface area (Å²) in [6, 6.07) is 80.6. The lowest BCUT2D eigenvalue weighted by atomic mass is 9.68. The molecule has 0 unspecified atom stereocenters. The molecule has 4 nitrogen and oxygen atoms in total. The average molecular weight is 807 g/mol. The molecule has 2 heterocycles. The Bertz CT molecular complexity index is 3190. The highest BCUT2D eigenvalue weighted by Crippen LogP contribution is 2.62. The van der Waals surface area contributed by atoms with Gasteiger partial charge in [-0.05, 0) is 86.5 Å². The summed E-state index contributed by atoms with van der Waals surface area (Å²) < 4.78 is 14.1. The minimum Gasteiger partial charge on any atom is -0.449 e. The first-order valence-corrected chi connectivity index (χ1v) is 21.3. The van der Waals surface area contributed by atoms with Crippen LogP contribution >= 0.6 is 0 Å². The highest BCUT2D eigenvalue weighted by atomic mass is 16.6. The Morgan fingerprint density at radius 1 is 0.317 bits per heavy atom. The fraction of sp³-hybridized carbons (Fsp3) is 0.0169. The van der Waals surface area contributed by atoms with Crippen LogP contribution in [0.4, 0.5) is 0 Å². The lowest BCUT2D eigenvalue weighted by molar-refractivity contribution is 0.361. The lowest BCUT2D eigenvalue weighted by Gasteiger charge is -2.34. The van der Waals surface area contributed by atoms with Crippen molar-refractivity contribution < 1.29 is 9.47 Å². The summed E-state index contributed by atoms with van der Waals surface area (Å²) in [6.45, 7) is 0. The summed E-state index contributed by atoms with van der Waals surface area (Å²) in [6.07, 6.45) is 0. The Balaban J connectivity index is 1.01. The molecule has 4 heteroatoms. The monoisotopic (exact) mass is 806 g/mol. The quantitative estimate of drug-likeness (QED) is 0.161. The first-order chi connectivity index (χ1) is 31.2. The van der Waals surface area contributed by atoms with E-state index in [-0.39, 0.29) is 0 Å². The van der Waals surface area contributed by atoms with Crippen molar-refractivity contribution in [2.75, 3.05) is 0 Å². The predicted molar refractivity (Wildman–Crippen MR) is 253 cm³/mol. The van der Waals surface area contributed by atoms with Crippen molar-refractivity contribution in [3.05, 3.63) is 253 Å². The minimum absolute atomic E-state index is 0.557. The van der Waals surface area contributed by atoms with E-state index in [1.54, 1.807) is 0 Å². The molecule has 9 aromatic carbocycles. The fourth-order valence-corrected chi connectivity index (χ4v) is 9.61. The number of para-hydroxylation sites is 1. The summed E-state index contributed by atoms with van der Waals surface area (Å²) >= 11 is 0. The van der Waals surface area contributed by atoms with Crippen LogP contribution in [-0.4, -0.2) is 9.97 Å². The van der Waals surface area contributed by atoms with E-state index in [9.17, 15) is 0 Å². The second-order valence-corrected chi connectivity index (χ2v) is 16.0. The highest BCUT2D eigenvalue weighted by molar-refractivity contribution is 5.92. The predicted octanol–water partition coefficient (Wildman–Crippen LogP) is 15.1. The van der Waals surface area contributed by atoms with Gasteiger partial charge in [0.05, 0.1) is 16.8 Å². The number of nitrogens with zero attached hydrogens (tertiary/aromatic N) is 2. The van der Waals surface area contributed by atoms with Gasteiger partial charge in [-0.2, -0.15) is 0 Å². The van der Waals surface area contributed by atoms with Crippen LogP contribution in [0.5, 0.6) is 23.0 Å². The van der Waals surface area contributed by atoms with Crippen molar-refractivity contribution in [3.63, 3.8) is 0 Å². The van der Waals surface area contributed by atoms with Gasteiger partial charge >= 0.3 is 0 Å². The molecular formula is C59H38N2O2. The van der Waals surface area contributed by atoms with E-state index in [0.29, 0.717) is 28.8 Å². The van der Waals surface area contributed by atoms with Crippen LogP contribution in [0.3, 0.4) is 0 Å². The van der Waals surface area contributed by atoms with Crippen LogP contribution < -0.4 is 9.47 Å². The summed E-state index contributed by atoms with van der Waals surface area (Å²) in [4.78, 5) is 10.6. The third kappa shape index (κ3) is 6.07. The molecule has 10 aromatic rings. The van der Waals surface area contributed by atoms with Crippen LogP contribution in [0.25, 0.3) is 67.3 Å². The largest absolute Gasteiger partial charge is 0.449 e. The van der Waals surface area contributed by atoms with Gasteiger partial charge in [0.15, 0.2) is 28.8 Å². The SMILES string of the molecule is c1ccc(-c2cccc(-c3cc(-c4cccc5c4Oc4ccc6c(c4O5)-c4ccccc4C6(c4ccccc4)c4ccccc4)nc(-c4cccc(-c5ccccc5)c4)n3)c2)cc1. The van der Waals surface area contributed by atoms with Crippen LogP contribution in [-0.2, 0) is 5.41 Å². The van der Waals surface area contributed by atoms with Crippen molar-refractivity contribution in [1.29, 1.82) is 0 Å². The van der Waals surface area contributed by atoms with Gasteiger partial charge in [0.1, 0.15) is 0 Å². The first kappa shape index (κ1) is 36.5. The van der Waals surface area contributed by atoms with Crippen molar-refractivity contribution >= 4 is 0 Å². The van der Waals surface area contributed by atoms with Crippen LogP contribution in [0.15, 0.2) is 231 Å². The number of aromatic nitrogens is 2. The minimum atomic E-state index is -0.557. The zero-order valence-corrected chi connectivity index (χ0v) is 34.2. The molecule has 0 amide bonds. The zero-order valence-electron chi connectivity index (χ0n) is 34.2. The highest BCUT2D eigenvalue weighted by Gasteiger charge is 2.48. The Hall–Kier alpha value is -8.34. The van der Waals surface area contributed by atoms with E-state index >= 15 is 0 Å². The third-order valence-electron chi connectivity index (χ3n) is 12.4. The summed E-state index contributed by atoms with van der Waals surface area (Å²) in [5, 5.41) is 0. The van der Waals surface area contributed by atoms with E-state index in [2.05, 4.69) is 206 Å². The number of hydrogen-bond donors (Lipinski definition) is 0. The average Bonchev–Trinajstić information content (AvgIpc) is 3.68. The van der Waals surface area contributed by atoms with E-state index in [4.69, 9.17) is 19.4 Å². The van der Waals surface area contributed by atoms with Crippen molar-refractivity contribution in [1.82, 2.24) is 9.97 Å². The summed E-state index contributed by atoms with van der Waals surface area (Å²) in [5.74, 6) is 3.22. The van der Waals surface area contributed by atoms with Crippen molar-refractivity contribution in [2.45, 2.75) is 5.41 Å². The van der Waals surface area contributed by atoms with Gasteiger partial charge in [-0.25, -0.2) is 9.97 Å². The summed E-state index contributed by atoms with van der Waals surface area (Å²) in [7, 11) is 0. The normalized spacial score (nSPS) is 12.8. The molecule has 0 fully saturated rings. The second-order valence-electron chi connectivity index (χ2n) is 16.0. The Labute approximate surface area is 366 Å². The number of benzene rings is 9. The molecule has 1 aliphatic heterocycles. The van der Waals surface area contributed by atoms with Crippen molar-refractivity contribution in [3.8, 4) is 90.3 Å². The van der Waals surface area contributed by atoms with E-state index in [0.717, 1.165) is 67.0 Å². The summed E-state index contributed by atoms with van der Waals surface area (Å²) in [5.41, 5.74) is 15.1. The Kier molecular flexibility index (Phi) is 8.68. The van der Waals surface area contributed by atoms with Gasteiger partial charge in [0, 0.05) is 22.3 Å². The molecule has 0 N–H and O–H groups in total. The third-order valence-corrected chi connectivity index (χ3v) is 12.4. The van der Waals surface area contributed by atoms with E-state index < -0.39 is 5.41 Å².